The zero-order valence-electron chi connectivity index (χ0n) is 15.0. The topological polar surface area (TPSA) is 78.0 Å². The van der Waals surface area contributed by atoms with Gasteiger partial charge in [0.05, 0.1) is 6.26 Å². The van der Waals surface area contributed by atoms with Crippen LogP contribution in [-0.2, 0) is 19.6 Å². The Labute approximate surface area is 150 Å². The molecule has 1 aliphatic carbocycles. The third kappa shape index (κ3) is 4.34. The van der Waals surface area contributed by atoms with Gasteiger partial charge in [0.15, 0.2) is 0 Å². The molecule has 142 valence electrons. The predicted octanol–water partition coefficient (Wildman–Crippen LogP) is 0.519. The molecular formula is C17H29N3O4S. The van der Waals surface area contributed by atoms with Crippen molar-refractivity contribution < 1.29 is 18.0 Å². The van der Waals surface area contributed by atoms with Gasteiger partial charge < -0.3 is 9.80 Å². The number of piperidine rings is 1. The van der Waals surface area contributed by atoms with E-state index >= 15 is 0 Å². The van der Waals surface area contributed by atoms with Gasteiger partial charge >= 0.3 is 0 Å². The number of carbonyl (C=O) groups is 2. The van der Waals surface area contributed by atoms with Crippen molar-refractivity contribution in [3.63, 3.8) is 0 Å². The Hall–Kier alpha value is -1.15. The Bertz CT molecular complexity index is 609. The summed E-state index contributed by atoms with van der Waals surface area (Å²) in [5.41, 5.74) is 0. The van der Waals surface area contributed by atoms with Gasteiger partial charge in [-0.3, -0.25) is 9.59 Å². The molecular weight excluding hydrogens is 342 g/mol. The van der Waals surface area contributed by atoms with Crippen molar-refractivity contribution in [1.29, 1.82) is 0 Å². The minimum absolute atomic E-state index is 0.0908. The molecule has 0 bridgehead atoms. The van der Waals surface area contributed by atoms with Crippen molar-refractivity contribution in [2.75, 3.05) is 45.5 Å². The van der Waals surface area contributed by atoms with Crippen molar-refractivity contribution in [3.05, 3.63) is 0 Å². The Kier molecular flexibility index (Phi) is 5.68. The van der Waals surface area contributed by atoms with Gasteiger partial charge in [-0.2, -0.15) is 0 Å². The number of amides is 2. The maximum atomic E-state index is 12.8. The molecule has 0 radical (unpaired) electrons. The SMILES string of the molecule is CS(=O)(=O)N1CCC(C(=O)N2CCCN(C(=O)C3CCC3)CC2)CC1. The maximum Gasteiger partial charge on any atom is 0.225 e. The molecule has 1 saturated carbocycles. The van der Waals surface area contributed by atoms with Gasteiger partial charge in [-0.25, -0.2) is 12.7 Å². The van der Waals surface area contributed by atoms with E-state index in [1.54, 1.807) is 0 Å². The van der Waals surface area contributed by atoms with E-state index in [2.05, 4.69) is 0 Å². The van der Waals surface area contributed by atoms with Crippen LogP contribution in [0.15, 0.2) is 0 Å². The molecule has 8 heteroatoms. The van der Waals surface area contributed by atoms with Crippen LogP contribution in [0.5, 0.6) is 0 Å². The zero-order valence-corrected chi connectivity index (χ0v) is 15.8. The molecule has 0 aromatic rings. The van der Waals surface area contributed by atoms with Crippen molar-refractivity contribution in [1.82, 2.24) is 14.1 Å². The first-order chi connectivity index (χ1) is 11.9. The van der Waals surface area contributed by atoms with Crippen LogP contribution in [-0.4, -0.2) is 79.9 Å². The summed E-state index contributed by atoms with van der Waals surface area (Å²) in [6.45, 7) is 3.52. The third-order valence-electron chi connectivity index (χ3n) is 5.85. The van der Waals surface area contributed by atoms with Gasteiger partial charge in [0.25, 0.3) is 0 Å². The normalized spacial score (nSPS) is 24.7. The molecule has 0 atom stereocenters. The lowest BCUT2D eigenvalue weighted by Crippen LogP contribution is -2.45. The summed E-state index contributed by atoms with van der Waals surface area (Å²) < 4.78 is 24.6. The van der Waals surface area contributed by atoms with Crippen LogP contribution in [0, 0.1) is 11.8 Å². The van der Waals surface area contributed by atoms with Crippen LogP contribution >= 0.6 is 0 Å². The molecule has 3 fully saturated rings. The highest BCUT2D eigenvalue weighted by Crippen LogP contribution is 2.29. The molecule has 2 heterocycles. The Morgan fingerprint density at radius 3 is 1.60 bits per heavy atom. The molecule has 0 aromatic carbocycles. The monoisotopic (exact) mass is 371 g/mol. The van der Waals surface area contributed by atoms with Crippen molar-refractivity contribution >= 4 is 21.8 Å². The standard InChI is InChI=1S/C17H29N3O4S/c1-25(23,24)20-10-6-15(7-11-20)17(22)19-9-3-8-18(12-13-19)16(21)14-4-2-5-14/h14-15H,2-13H2,1H3. The van der Waals surface area contributed by atoms with E-state index < -0.39 is 10.0 Å². The Morgan fingerprint density at radius 2 is 1.20 bits per heavy atom. The van der Waals surface area contributed by atoms with Crippen LogP contribution in [0.1, 0.15) is 38.5 Å². The van der Waals surface area contributed by atoms with E-state index in [1.165, 1.54) is 10.6 Å². The first-order valence-corrected chi connectivity index (χ1v) is 11.2. The summed E-state index contributed by atoms with van der Waals surface area (Å²) in [6, 6.07) is 0. The number of hydrogen-bond donors (Lipinski definition) is 0. The van der Waals surface area contributed by atoms with Crippen molar-refractivity contribution in [2.24, 2.45) is 11.8 Å². The van der Waals surface area contributed by atoms with Crippen molar-refractivity contribution in [3.8, 4) is 0 Å². The maximum absolute atomic E-state index is 12.8. The Morgan fingerprint density at radius 1 is 0.720 bits per heavy atom. The van der Waals surface area contributed by atoms with E-state index in [-0.39, 0.29) is 23.7 Å². The van der Waals surface area contributed by atoms with Gasteiger partial charge in [-0.1, -0.05) is 6.42 Å². The zero-order chi connectivity index (χ0) is 18.0. The van der Waals surface area contributed by atoms with Gasteiger partial charge in [0.2, 0.25) is 21.8 Å². The highest BCUT2D eigenvalue weighted by Gasteiger charge is 2.34. The molecule has 3 rings (SSSR count). The molecule has 0 spiro atoms. The molecule has 0 aromatic heterocycles. The first-order valence-electron chi connectivity index (χ1n) is 9.39. The molecule has 25 heavy (non-hydrogen) atoms. The lowest BCUT2D eigenvalue weighted by molar-refractivity contribution is -0.139. The minimum Gasteiger partial charge on any atom is -0.341 e. The Balaban J connectivity index is 1.50. The average Bonchev–Trinajstić information content (AvgIpc) is 2.78. The highest BCUT2D eigenvalue weighted by atomic mass is 32.2. The largest absolute Gasteiger partial charge is 0.341 e. The molecule has 2 saturated heterocycles. The van der Waals surface area contributed by atoms with Crippen LogP contribution in [0.2, 0.25) is 0 Å². The smallest absolute Gasteiger partial charge is 0.225 e. The summed E-state index contributed by atoms with van der Waals surface area (Å²) >= 11 is 0. The van der Waals surface area contributed by atoms with Gasteiger partial charge in [0, 0.05) is 51.1 Å². The number of sulfonamides is 1. The summed E-state index contributed by atoms with van der Waals surface area (Å²) in [6.07, 6.45) is 6.40. The number of hydrogen-bond acceptors (Lipinski definition) is 4. The summed E-state index contributed by atoms with van der Waals surface area (Å²) in [5.74, 6) is 0.516. The molecule has 2 amide bonds. The van der Waals surface area contributed by atoms with E-state index in [9.17, 15) is 18.0 Å². The number of rotatable bonds is 3. The van der Waals surface area contributed by atoms with Crippen LogP contribution in [0.3, 0.4) is 0 Å². The van der Waals surface area contributed by atoms with Crippen LogP contribution < -0.4 is 0 Å². The van der Waals surface area contributed by atoms with Crippen LogP contribution in [0.4, 0.5) is 0 Å². The van der Waals surface area contributed by atoms with Crippen LogP contribution in [0.25, 0.3) is 0 Å². The second-order valence-corrected chi connectivity index (χ2v) is 9.55. The fourth-order valence-corrected chi connectivity index (χ4v) is 4.84. The molecule has 3 aliphatic rings. The van der Waals surface area contributed by atoms with Gasteiger partial charge in [-0.15, -0.1) is 0 Å². The summed E-state index contributed by atoms with van der Waals surface area (Å²) in [4.78, 5) is 29.0. The molecule has 2 aliphatic heterocycles. The molecule has 0 unspecified atom stereocenters. The average molecular weight is 372 g/mol. The summed E-state index contributed by atoms with van der Waals surface area (Å²) in [7, 11) is -3.16. The predicted molar refractivity (Wildman–Crippen MR) is 94.3 cm³/mol. The number of carbonyl (C=O) groups excluding carboxylic acids is 2. The fourth-order valence-electron chi connectivity index (χ4n) is 3.96. The quantitative estimate of drug-likeness (QED) is 0.725. The van der Waals surface area contributed by atoms with E-state index in [4.69, 9.17) is 0 Å². The van der Waals surface area contributed by atoms with E-state index in [1.807, 2.05) is 9.80 Å². The second-order valence-electron chi connectivity index (χ2n) is 7.57. The third-order valence-corrected chi connectivity index (χ3v) is 7.15. The van der Waals surface area contributed by atoms with Gasteiger partial charge in [-0.05, 0) is 32.1 Å². The minimum atomic E-state index is -3.16. The first kappa shape index (κ1) is 18.6. The lowest BCUT2D eigenvalue weighted by Gasteiger charge is -2.33. The molecule has 0 N–H and O–H groups in total. The highest BCUT2D eigenvalue weighted by molar-refractivity contribution is 7.88. The second kappa shape index (κ2) is 7.61. The molecule has 7 nitrogen and oxygen atoms in total. The van der Waals surface area contributed by atoms with E-state index in [0.29, 0.717) is 45.6 Å². The number of nitrogens with zero attached hydrogens (tertiary/aromatic N) is 3. The van der Waals surface area contributed by atoms with Gasteiger partial charge in [0.1, 0.15) is 0 Å². The van der Waals surface area contributed by atoms with Crippen molar-refractivity contribution in [2.45, 2.75) is 38.5 Å². The fraction of sp³-hybridized carbons (Fsp3) is 0.882. The van der Waals surface area contributed by atoms with E-state index in [0.717, 1.165) is 32.2 Å². The summed E-state index contributed by atoms with van der Waals surface area (Å²) in [5, 5.41) is 0. The lowest BCUT2D eigenvalue weighted by atomic mass is 9.84.